The van der Waals surface area contributed by atoms with Crippen molar-refractivity contribution in [3.8, 4) is 0 Å². The second-order valence-electron chi connectivity index (χ2n) is 5.59. The third-order valence-electron chi connectivity index (χ3n) is 3.36. The number of amides is 2. The summed E-state index contributed by atoms with van der Waals surface area (Å²) in [5.41, 5.74) is 5.43. The average molecular weight is 377 g/mol. The monoisotopic (exact) mass is 377 g/mol. The number of nitrogens with one attached hydrogen (secondary N) is 2. The number of hydrogen-bond acceptors (Lipinski definition) is 7. The van der Waals surface area contributed by atoms with E-state index in [1.807, 2.05) is 0 Å². The summed E-state index contributed by atoms with van der Waals surface area (Å²) in [5, 5.41) is 39.9. The van der Waals surface area contributed by atoms with E-state index in [0.29, 0.717) is 0 Å². The molecule has 0 bridgehead atoms. The van der Waals surface area contributed by atoms with Gasteiger partial charge in [-0.05, 0) is 19.8 Å². The Morgan fingerprint density at radius 3 is 1.65 bits per heavy atom. The Labute approximate surface area is 148 Å². The van der Waals surface area contributed by atoms with Gasteiger partial charge in [0.2, 0.25) is 11.8 Å². The van der Waals surface area contributed by atoms with Crippen LogP contribution in [0.3, 0.4) is 0 Å². The molecule has 12 nitrogen and oxygen atoms in total. The molecule has 26 heavy (non-hydrogen) atoms. The number of nitrogens with two attached hydrogens (primary N) is 1. The first kappa shape index (κ1) is 23.3. The zero-order valence-electron chi connectivity index (χ0n) is 14.0. The van der Waals surface area contributed by atoms with Crippen molar-refractivity contribution in [2.75, 3.05) is 0 Å². The van der Waals surface area contributed by atoms with Crippen molar-refractivity contribution in [3.05, 3.63) is 0 Å². The highest BCUT2D eigenvalue weighted by atomic mass is 16.4. The minimum absolute atomic E-state index is 0.356. The molecule has 0 aromatic heterocycles. The first-order valence-electron chi connectivity index (χ1n) is 7.66. The topological polar surface area (TPSA) is 216 Å². The number of aliphatic carboxylic acids is 3. The Balaban J connectivity index is 5.11. The standard InChI is InChI=1S/C14H23N3O9/c1-6(18)11(15)13(24)16-7(2-4-9(19)20)12(23)17-8(14(25)26)3-5-10(21)22/h6-8,11,18H,2-5,15H2,1H3,(H,16,24)(H,17,23)(H,19,20)(H,21,22)(H,25,26). The largest absolute Gasteiger partial charge is 0.481 e. The first-order chi connectivity index (χ1) is 12.0. The van der Waals surface area contributed by atoms with Gasteiger partial charge in [0.25, 0.3) is 0 Å². The molecular formula is C14H23N3O9. The van der Waals surface area contributed by atoms with E-state index in [4.69, 9.17) is 21.1 Å². The summed E-state index contributed by atoms with van der Waals surface area (Å²) < 4.78 is 0. The zero-order valence-corrected chi connectivity index (χ0v) is 14.0. The molecule has 0 aliphatic heterocycles. The molecule has 0 aliphatic carbocycles. The van der Waals surface area contributed by atoms with Crippen LogP contribution >= 0.6 is 0 Å². The van der Waals surface area contributed by atoms with Crippen molar-refractivity contribution in [1.29, 1.82) is 0 Å². The number of aliphatic hydroxyl groups excluding tert-OH is 1. The van der Waals surface area contributed by atoms with Crippen LogP contribution in [0.15, 0.2) is 0 Å². The van der Waals surface area contributed by atoms with Gasteiger partial charge in [-0.25, -0.2) is 4.79 Å². The van der Waals surface area contributed by atoms with E-state index >= 15 is 0 Å². The maximum Gasteiger partial charge on any atom is 0.326 e. The maximum absolute atomic E-state index is 12.2. The van der Waals surface area contributed by atoms with Gasteiger partial charge in [0.05, 0.1) is 6.10 Å². The molecule has 0 aromatic rings. The fraction of sp³-hybridized carbons (Fsp3) is 0.643. The summed E-state index contributed by atoms with van der Waals surface area (Å²) in [6.45, 7) is 1.24. The van der Waals surface area contributed by atoms with Crippen LogP contribution in [0.1, 0.15) is 32.6 Å². The second-order valence-corrected chi connectivity index (χ2v) is 5.59. The van der Waals surface area contributed by atoms with Crippen LogP contribution in [0.5, 0.6) is 0 Å². The van der Waals surface area contributed by atoms with E-state index in [9.17, 15) is 29.1 Å². The van der Waals surface area contributed by atoms with E-state index in [2.05, 4.69) is 10.6 Å². The normalized spacial score (nSPS) is 15.2. The van der Waals surface area contributed by atoms with Crippen molar-refractivity contribution < 1.29 is 44.4 Å². The van der Waals surface area contributed by atoms with Gasteiger partial charge in [-0.15, -0.1) is 0 Å². The van der Waals surface area contributed by atoms with Crippen molar-refractivity contribution in [1.82, 2.24) is 10.6 Å². The van der Waals surface area contributed by atoms with Crippen LogP contribution < -0.4 is 16.4 Å². The molecule has 148 valence electrons. The molecular weight excluding hydrogens is 354 g/mol. The van der Waals surface area contributed by atoms with Crippen molar-refractivity contribution in [2.24, 2.45) is 5.73 Å². The molecule has 0 heterocycles. The summed E-state index contributed by atoms with van der Waals surface area (Å²) in [5.74, 6) is -5.93. The third kappa shape index (κ3) is 8.94. The molecule has 0 saturated carbocycles. The van der Waals surface area contributed by atoms with Gasteiger partial charge in [-0.1, -0.05) is 0 Å². The number of carboxylic acid groups (broad SMARTS) is 3. The predicted molar refractivity (Wildman–Crippen MR) is 84.9 cm³/mol. The van der Waals surface area contributed by atoms with Gasteiger partial charge in [0.1, 0.15) is 18.1 Å². The van der Waals surface area contributed by atoms with Crippen molar-refractivity contribution in [2.45, 2.75) is 56.8 Å². The lowest BCUT2D eigenvalue weighted by Crippen LogP contribution is -2.56. The average Bonchev–Trinajstić information content (AvgIpc) is 2.53. The van der Waals surface area contributed by atoms with E-state index in [-0.39, 0.29) is 6.42 Å². The minimum Gasteiger partial charge on any atom is -0.481 e. The van der Waals surface area contributed by atoms with Crippen LogP contribution in [0.4, 0.5) is 0 Å². The lowest BCUT2D eigenvalue weighted by Gasteiger charge is -2.23. The molecule has 0 aliphatic rings. The van der Waals surface area contributed by atoms with Gasteiger partial charge < -0.3 is 36.8 Å². The number of hydrogen-bond donors (Lipinski definition) is 7. The van der Waals surface area contributed by atoms with E-state index in [0.717, 1.165) is 0 Å². The Kier molecular flexibility index (Phi) is 9.84. The molecule has 4 atom stereocenters. The van der Waals surface area contributed by atoms with Crippen molar-refractivity contribution >= 4 is 29.7 Å². The van der Waals surface area contributed by atoms with Gasteiger partial charge in [0.15, 0.2) is 0 Å². The molecule has 12 heteroatoms. The minimum atomic E-state index is -1.53. The quantitative estimate of drug-likeness (QED) is 0.189. The third-order valence-corrected chi connectivity index (χ3v) is 3.36. The number of aliphatic hydroxyl groups is 1. The maximum atomic E-state index is 12.2. The van der Waals surface area contributed by atoms with E-state index in [1.165, 1.54) is 6.92 Å². The molecule has 4 unspecified atom stereocenters. The number of rotatable bonds is 12. The molecule has 0 radical (unpaired) electrons. The van der Waals surface area contributed by atoms with Crippen LogP contribution in [0.2, 0.25) is 0 Å². The summed E-state index contributed by atoms with van der Waals surface area (Å²) in [6, 6.07) is -4.33. The van der Waals surface area contributed by atoms with Gasteiger partial charge in [0, 0.05) is 12.8 Å². The summed E-state index contributed by atoms with van der Waals surface area (Å²) in [6.07, 6.45) is -3.01. The lowest BCUT2D eigenvalue weighted by molar-refractivity contribution is -0.144. The fourth-order valence-corrected chi connectivity index (χ4v) is 1.82. The molecule has 0 aromatic carbocycles. The molecule has 2 amide bonds. The molecule has 0 fully saturated rings. The molecule has 0 rings (SSSR count). The highest BCUT2D eigenvalue weighted by molar-refractivity contribution is 5.92. The Morgan fingerprint density at radius 1 is 0.846 bits per heavy atom. The Hall–Kier alpha value is -2.73. The Bertz CT molecular complexity index is 550. The smallest absolute Gasteiger partial charge is 0.326 e. The van der Waals surface area contributed by atoms with Gasteiger partial charge in [-0.2, -0.15) is 0 Å². The SMILES string of the molecule is CC(O)C(N)C(=O)NC(CCC(=O)O)C(=O)NC(CCC(=O)O)C(=O)O. The summed E-state index contributed by atoms with van der Waals surface area (Å²) in [7, 11) is 0. The van der Waals surface area contributed by atoms with Crippen LogP contribution in [0.25, 0.3) is 0 Å². The Morgan fingerprint density at radius 2 is 1.27 bits per heavy atom. The lowest BCUT2D eigenvalue weighted by atomic mass is 10.1. The van der Waals surface area contributed by atoms with E-state index < -0.39 is 73.2 Å². The summed E-state index contributed by atoms with van der Waals surface area (Å²) in [4.78, 5) is 56.4. The fourth-order valence-electron chi connectivity index (χ4n) is 1.82. The highest BCUT2D eigenvalue weighted by Gasteiger charge is 2.29. The summed E-state index contributed by atoms with van der Waals surface area (Å²) >= 11 is 0. The van der Waals surface area contributed by atoms with E-state index in [1.54, 1.807) is 0 Å². The second kappa shape index (κ2) is 11.0. The predicted octanol–water partition coefficient (Wildman–Crippen LogP) is -2.52. The molecule has 8 N–H and O–H groups in total. The van der Waals surface area contributed by atoms with Gasteiger partial charge in [-0.3, -0.25) is 19.2 Å². The number of carboxylic acids is 3. The van der Waals surface area contributed by atoms with Crippen LogP contribution in [0, 0.1) is 0 Å². The number of carbonyl (C=O) groups is 5. The molecule has 0 saturated heterocycles. The van der Waals surface area contributed by atoms with Crippen LogP contribution in [-0.2, 0) is 24.0 Å². The van der Waals surface area contributed by atoms with Crippen molar-refractivity contribution in [3.63, 3.8) is 0 Å². The first-order valence-corrected chi connectivity index (χ1v) is 7.66. The zero-order chi connectivity index (χ0) is 20.4. The molecule has 0 spiro atoms. The van der Waals surface area contributed by atoms with Gasteiger partial charge >= 0.3 is 17.9 Å². The van der Waals surface area contributed by atoms with Crippen LogP contribution in [-0.4, -0.2) is 74.4 Å². The number of carbonyl (C=O) groups excluding carboxylic acids is 2. The highest BCUT2D eigenvalue weighted by Crippen LogP contribution is 2.04.